The molecule has 0 radical (unpaired) electrons. The van der Waals surface area contributed by atoms with Gasteiger partial charge in [-0.2, -0.15) is 0 Å². The quantitative estimate of drug-likeness (QED) is 0.692. The fourth-order valence-corrected chi connectivity index (χ4v) is 3.12. The smallest absolute Gasteiger partial charge is 0.261 e. The maximum Gasteiger partial charge on any atom is 0.261 e. The zero-order valence-corrected chi connectivity index (χ0v) is 18.2. The number of ether oxygens (including phenoxy) is 1. The van der Waals surface area contributed by atoms with Gasteiger partial charge in [-0.15, -0.1) is 0 Å². The molecule has 0 aliphatic heterocycles. The topological polar surface area (TPSA) is 58.6 Å². The number of carbonyl (C=O) groups is 2. The van der Waals surface area contributed by atoms with Crippen LogP contribution in [0.3, 0.4) is 0 Å². The van der Waals surface area contributed by atoms with E-state index >= 15 is 0 Å². The molecule has 5 nitrogen and oxygen atoms in total. The summed E-state index contributed by atoms with van der Waals surface area (Å²) in [6.07, 6.45) is 0.476. The van der Waals surface area contributed by atoms with Gasteiger partial charge in [0.25, 0.3) is 5.91 Å². The van der Waals surface area contributed by atoms with Crippen LogP contribution in [0.1, 0.15) is 39.7 Å². The lowest BCUT2D eigenvalue weighted by Crippen LogP contribution is -2.54. The van der Waals surface area contributed by atoms with Gasteiger partial charge in [0.2, 0.25) is 5.91 Å². The van der Waals surface area contributed by atoms with Crippen molar-refractivity contribution in [2.45, 2.75) is 52.2 Å². The lowest BCUT2D eigenvalue weighted by Gasteiger charge is -2.33. The predicted octanol–water partition coefficient (Wildman–Crippen LogP) is 4.44. The molecule has 1 N–H and O–H groups in total. The molecule has 1 atom stereocenters. The van der Waals surface area contributed by atoms with Crippen molar-refractivity contribution in [2.24, 2.45) is 0 Å². The van der Waals surface area contributed by atoms with Gasteiger partial charge in [0.1, 0.15) is 11.8 Å². The monoisotopic (exact) mass is 416 g/mol. The third kappa shape index (κ3) is 7.09. The molecule has 0 saturated heterocycles. The molecule has 0 heterocycles. The van der Waals surface area contributed by atoms with Crippen LogP contribution in [0, 0.1) is 0 Å². The fourth-order valence-electron chi connectivity index (χ4n) is 2.93. The van der Waals surface area contributed by atoms with E-state index in [1.807, 2.05) is 64.1 Å². The van der Waals surface area contributed by atoms with Crippen LogP contribution in [-0.4, -0.2) is 34.9 Å². The Hall–Kier alpha value is -2.53. The summed E-state index contributed by atoms with van der Waals surface area (Å²) in [5.41, 5.74) is 0.383. The minimum absolute atomic E-state index is 0.159. The van der Waals surface area contributed by atoms with E-state index in [9.17, 15) is 9.59 Å². The molecule has 156 valence electrons. The SMILES string of the molecule is CCC(C(=O)NC(C)(C)C)N(Cc1ccccc1Cl)C(=O)COc1ccccc1. The Labute approximate surface area is 178 Å². The van der Waals surface area contributed by atoms with E-state index in [1.165, 1.54) is 0 Å². The highest BCUT2D eigenvalue weighted by atomic mass is 35.5. The molecule has 2 aromatic carbocycles. The Balaban J connectivity index is 2.24. The number of hydrogen-bond donors (Lipinski definition) is 1. The van der Waals surface area contributed by atoms with E-state index in [1.54, 1.807) is 23.1 Å². The van der Waals surface area contributed by atoms with Crippen LogP contribution in [0.25, 0.3) is 0 Å². The zero-order chi connectivity index (χ0) is 21.4. The summed E-state index contributed by atoms with van der Waals surface area (Å²) in [6, 6.07) is 15.8. The number of halogens is 1. The van der Waals surface area contributed by atoms with Gasteiger partial charge in [-0.3, -0.25) is 9.59 Å². The van der Waals surface area contributed by atoms with E-state index in [0.29, 0.717) is 17.2 Å². The van der Waals surface area contributed by atoms with Crippen molar-refractivity contribution in [2.75, 3.05) is 6.61 Å². The van der Waals surface area contributed by atoms with Crippen LogP contribution >= 0.6 is 11.6 Å². The Morgan fingerprint density at radius 3 is 2.28 bits per heavy atom. The molecule has 6 heteroatoms. The number of nitrogens with zero attached hydrogens (tertiary/aromatic N) is 1. The van der Waals surface area contributed by atoms with Crippen molar-refractivity contribution in [3.63, 3.8) is 0 Å². The molecule has 0 aromatic heterocycles. The first kappa shape index (κ1) is 22.8. The summed E-state index contributed by atoms with van der Waals surface area (Å²) in [7, 11) is 0. The van der Waals surface area contributed by atoms with Crippen LogP contribution < -0.4 is 10.1 Å². The summed E-state index contributed by atoms with van der Waals surface area (Å²) in [5.74, 6) is 0.135. The largest absolute Gasteiger partial charge is 0.484 e. The normalized spacial score (nSPS) is 12.2. The second kappa shape index (κ2) is 10.3. The first-order valence-electron chi connectivity index (χ1n) is 9.74. The van der Waals surface area contributed by atoms with E-state index in [0.717, 1.165) is 5.56 Å². The molecule has 2 aromatic rings. The Morgan fingerprint density at radius 2 is 1.69 bits per heavy atom. The molecule has 0 spiro atoms. The zero-order valence-electron chi connectivity index (χ0n) is 17.4. The molecule has 29 heavy (non-hydrogen) atoms. The fraction of sp³-hybridized carbons (Fsp3) is 0.391. The van der Waals surface area contributed by atoms with Crippen LogP contribution in [0.4, 0.5) is 0 Å². The number of amides is 2. The molecular weight excluding hydrogens is 388 g/mol. The van der Waals surface area contributed by atoms with Crippen molar-refractivity contribution in [3.8, 4) is 5.75 Å². The van der Waals surface area contributed by atoms with Gasteiger partial charge in [-0.05, 0) is 51.0 Å². The van der Waals surface area contributed by atoms with Gasteiger partial charge < -0.3 is 15.0 Å². The number of rotatable bonds is 8. The van der Waals surface area contributed by atoms with E-state index in [4.69, 9.17) is 16.3 Å². The number of para-hydroxylation sites is 1. The third-order valence-corrected chi connectivity index (χ3v) is 4.66. The average molecular weight is 417 g/mol. The number of benzene rings is 2. The Morgan fingerprint density at radius 1 is 1.07 bits per heavy atom. The van der Waals surface area contributed by atoms with Gasteiger partial charge in [0, 0.05) is 17.1 Å². The third-order valence-electron chi connectivity index (χ3n) is 4.29. The lowest BCUT2D eigenvalue weighted by molar-refractivity contribution is -0.143. The standard InChI is InChI=1S/C23H29ClN2O3/c1-5-20(22(28)25-23(2,3)4)26(15-17-11-9-10-14-19(17)24)21(27)16-29-18-12-7-6-8-13-18/h6-14,20H,5,15-16H2,1-4H3,(H,25,28). The summed E-state index contributed by atoms with van der Waals surface area (Å²) < 4.78 is 5.64. The molecule has 0 fully saturated rings. The summed E-state index contributed by atoms with van der Waals surface area (Å²) >= 11 is 6.31. The van der Waals surface area contributed by atoms with Gasteiger partial charge in [-0.25, -0.2) is 0 Å². The van der Waals surface area contributed by atoms with Gasteiger partial charge in [0.15, 0.2) is 6.61 Å². The molecule has 0 aliphatic carbocycles. The van der Waals surface area contributed by atoms with Gasteiger partial charge in [-0.1, -0.05) is 54.9 Å². The van der Waals surface area contributed by atoms with Crippen molar-refractivity contribution in [1.29, 1.82) is 0 Å². The molecule has 0 saturated carbocycles. The molecule has 1 unspecified atom stereocenters. The van der Waals surface area contributed by atoms with Crippen molar-refractivity contribution >= 4 is 23.4 Å². The Kier molecular flexibility index (Phi) is 8.09. The molecule has 0 bridgehead atoms. The highest BCUT2D eigenvalue weighted by Gasteiger charge is 2.31. The van der Waals surface area contributed by atoms with Crippen LogP contribution in [0.5, 0.6) is 5.75 Å². The van der Waals surface area contributed by atoms with Gasteiger partial charge >= 0.3 is 0 Å². The molecule has 2 amide bonds. The molecule has 2 rings (SSSR count). The highest BCUT2D eigenvalue weighted by Crippen LogP contribution is 2.20. The first-order chi connectivity index (χ1) is 13.7. The van der Waals surface area contributed by atoms with Crippen molar-refractivity contribution in [3.05, 3.63) is 65.2 Å². The summed E-state index contributed by atoms with van der Waals surface area (Å²) in [6.45, 7) is 7.70. The number of nitrogens with one attached hydrogen (secondary N) is 1. The summed E-state index contributed by atoms with van der Waals surface area (Å²) in [5, 5.41) is 3.53. The van der Waals surface area contributed by atoms with Crippen LogP contribution in [0.2, 0.25) is 5.02 Å². The van der Waals surface area contributed by atoms with E-state index in [2.05, 4.69) is 5.32 Å². The summed E-state index contributed by atoms with van der Waals surface area (Å²) in [4.78, 5) is 27.5. The maximum absolute atomic E-state index is 13.1. The van der Waals surface area contributed by atoms with Crippen molar-refractivity contribution < 1.29 is 14.3 Å². The van der Waals surface area contributed by atoms with Crippen LogP contribution in [-0.2, 0) is 16.1 Å². The number of hydrogen-bond acceptors (Lipinski definition) is 3. The van der Waals surface area contributed by atoms with Crippen molar-refractivity contribution in [1.82, 2.24) is 10.2 Å². The molecule has 0 aliphatic rings. The predicted molar refractivity (Wildman–Crippen MR) is 116 cm³/mol. The van der Waals surface area contributed by atoms with Gasteiger partial charge in [0.05, 0.1) is 0 Å². The second-order valence-electron chi connectivity index (χ2n) is 7.88. The number of carbonyl (C=O) groups excluding carboxylic acids is 2. The van der Waals surface area contributed by atoms with E-state index < -0.39 is 11.6 Å². The minimum Gasteiger partial charge on any atom is -0.484 e. The average Bonchev–Trinajstić information content (AvgIpc) is 2.67. The Bertz CT molecular complexity index is 818. The second-order valence-corrected chi connectivity index (χ2v) is 8.29. The first-order valence-corrected chi connectivity index (χ1v) is 10.1. The molecular formula is C23H29ClN2O3. The lowest BCUT2D eigenvalue weighted by atomic mass is 10.1. The van der Waals surface area contributed by atoms with E-state index in [-0.39, 0.29) is 25.0 Å². The highest BCUT2D eigenvalue weighted by molar-refractivity contribution is 6.31. The minimum atomic E-state index is -0.627. The van der Waals surface area contributed by atoms with Crippen LogP contribution in [0.15, 0.2) is 54.6 Å². The maximum atomic E-state index is 13.1.